The third-order valence-corrected chi connectivity index (χ3v) is 6.72. The van der Waals surface area contributed by atoms with E-state index < -0.39 is 23.5 Å². The molecule has 0 radical (unpaired) electrons. The Morgan fingerprint density at radius 2 is 1.64 bits per heavy atom. The Bertz CT molecular complexity index is 1240. The van der Waals surface area contributed by atoms with E-state index in [1.807, 2.05) is 25.1 Å². The summed E-state index contributed by atoms with van der Waals surface area (Å²) in [6.45, 7) is 2.90. The minimum atomic E-state index is -4.95. The maximum absolute atomic E-state index is 13.5. The van der Waals surface area contributed by atoms with Crippen molar-refractivity contribution in [2.24, 2.45) is 13.0 Å². The Morgan fingerprint density at radius 3 is 2.18 bits per heavy atom. The SMILES string of the molecule is CO[C@@H](c1ccc(C)cc1CN(Cc1cc(C(F)(F)F)cc(C(F)(F)F)c1)c1nnn(C)n1)C1CCOCC1. The number of anilines is 1. The van der Waals surface area contributed by atoms with Gasteiger partial charge in [0.15, 0.2) is 0 Å². The van der Waals surface area contributed by atoms with Crippen LogP contribution < -0.4 is 4.90 Å². The van der Waals surface area contributed by atoms with Crippen molar-refractivity contribution in [1.82, 2.24) is 20.2 Å². The number of ether oxygens (including phenoxy) is 2. The largest absolute Gasteiger partial charge is 0.416 e. The number of rotatable bonds is 8. The average molecular weight is 558 g/mol. The number of halogens is 6. The van der Waals surface area contributed by atoms with Crippen LogP contribution in [0.1, 0.15) is 52.3 Å². The number of aryl methyl sites for hydroxylation is 2. The zero-order valence-corrected chi connectivity index (χ0v) is 21.7. The Balaban J connectivity index is 1.75. The number of benzene rings is 2. The second-order valence-electron chi connectivity index (χ2n) is 9.66. The second-order valence-corrected chi connectivity index (χ2v) is 9.66. The average Bonchev–Trinajstić information content (AvgIpc) is 3.31. The third-order valence-electron chi connectivity index (χ3n) is 6.72. The molecule has 4 rings (SSSR count). The van der Waals surface area contributed by atoms with Crippen molar-refractivity contribution in [2.45, 2.75) is 51.3 Å². The molecule has 0 saturated carbocycles. The summed E-state index contributed by atoms with van der Waals surface area (Å²) < 4.78 is 92.4. The molecule has 2 aromatic carbocycles. The van der Waals surface area contributed by atoms with Crippen LogP contribution >= 0.6 is 0 Å². The Kier molecular flexibility index (Phi) is 8.50. The molecule has 0 aliphatic carbocycles. The standard InChI is InChI=1S/C26H29F6N5O2/c1-16-4-5-22(23(38-3)18-6-8-39-9-7-18)19(10-16)15-37(24-33-35-36(2)34-24)14-17-11-20(25(27,28)29)13-21(12-17)26(30,31)32/h4-5,10-13,18,23H,6-9,14-15H2,1-3H3/t23-/m1/s1. The lowest BCUT2D eigenvalue weighted by Gasteiger charge is -2.32. The molecule has 7 nitrogen and oxygen atoms in total. The van der Waals surface area contributed by atoms with Crippen LogP contribution in [0.2, 0.25) is 0 Å². The molecule has 212 valence electrons. The molecule has 1 saturated heterocycles. The Hall–Kier alpha value is -3.19. The van der Waals surface area contributed by atoms with E-state index in [1.165, 1.54) is 16.7 Å². The molecule has 13 heteroatoms. The van der Waals surface area contributed by atoms with Crippen LogP contribution in [-0.4, -0.2) is 40.5 Å². The molecule has 1 atom stereocenters. The molecule has 0 N–H and O–H groups in total. The predicted molar refractivity (Wildman–Crippen MR) is 130 cm³/mol. The lowest BCUT2D eigenvalue weighted by atomic mass is 9.86. The Morgan fingerprint density at radius 1 is 1.00 bits per heavy atom. The highest BCUT2D eigenvalue weighted by Gasteiger charge is 2.37. The van der Waals surface area contributed by atoms with Crippen LogP contribution in [0, 0.1) is 12.8 Å². The predicted octanol–water partition coefficient (Wildman–Crippen LogP) is 5.88. The molecule has 1 aromatic heterocycles. The lowest BCUT2D eigenvalue weighted by Crippen LogP contribution is -2.27. The highest BCUT2D eigenvalue weighted by Crippen LogP contribution is 2.38. The quantitative estimate of drug-likeness (QED) is 0.323. The van der Waals surface area contributed by atoms with Crippen molar-refractivity contribution in [3.63, 3.8) is 0 Å². The van der Waals surface area contributed by atoms with Gasteiger partial charge in [-0.3, -0.25) is 0 Å². The normalized spacial score (nSPS) is 15.9. The summed E-state index contributed by atoms with van der Waals surface area (Å²) in [7, 11) is 3.14. The van der Waals surface area contributed by atoms with Crippen molar-refractivity contribution in [2.75, 3.05) is 25.2 Å². The van der Waals surface area contributed by atoms with Gasteiger partial charge in [0.1, 0.15) is 0 Å². The van der Waals surface area contributed by atoms with Gasteiger partial charge in [0, 0.05) is 33.4 Å². The maximum Gasteiger partial charge on any atom is 0.416 e. The molecular weight excluding hydrogens is 528 g/mol. The topological polar surface area (TPSA) is 65.3 Å². The molecule has 0 bridgehead atoms. The molecule has 2 heterocycles. The van der Waals surface area contributed by atoms with Crippen LogP contribution in [-0.2, 0) is 42.0 Å². The van der Waals surface area contributed by atoms with Crippen LogP contribution in [0.4, 0.5) is 32.3 Å². The van der Waals surface area contributed by atoms with Crippen LogP contribution in [0.5, 0.6) is 0 Å². The van der Waals surface area contributed by atoms with Gasteiger partial charge in [-0.05, 0) is 65.8 Å². The minimum absolute atomic E-state index is 0.0657. The van der Waals surface area contributed by atoms with Gasteiger partial charge in [-0.15, -0.1) is 5.10 Å². The maximum atomic E-state index is 13.5. The van der Waals surface area contributed by atoms with Gasteiger partial charge < -0.3 is 14.4 Å². The monoisotopic (exact) mass is 557 g/mol. The van der Waals surface area contributed by atoms with E-state index in [-0.39, 0.29) is 42.7 Å². The zero-order chi connectivity index (χ0) is 28.4. The third kappa shape index (κ3) is 7.07. The lowest BCUT2D eigenvalue weighted by molar-refractivity contribution is -0.143. The second kappa shape index (κ2) is 11.5. The summed E-state index contributed by atoms with van der Waals surface area (Å²) in [5.41, 5.74) is -0.343. The fraction of sp³-hybridized carbons (Fsp3) is 0.500. The van der Waals surface area contributed by atoms with E-state index in [9.17, 15) is 26.3 Å². The number of nitrogens with zero attached hydrogens (tertiary/aromatic N) is 5. The summed E-state index contributed by atoms with van der Waals surface area (Å²) in [6.07, 6.45) is -8.58. The van der Waals surface area contributed by atoms with E-state index >= 15 is 0 Å². The van der Waals surface area contributed by atoms with Crippen molar-refractivity contribution in [3.8, 4) is 0 Å². The van der Waals surface area contributed by atoms with Crippen LogP contribution in [0.3, 0.4) is 0 Å². The first-order valence-corrected chi connectivity index (χ1v) is 12.3. The first kappa shape index (κ1) is 28.8. The van der Waals surface area contributed by atoms with Crippen LogP contribution in [0.25, 0.3) is 0 Å². The first-order valence-electron chi connectivity index (χ1n) is 12.3. The van der Waals surface area contributed by atoms with Crippen molar-refractivity contribution >= 4 is 5.95 Å². The molecule has 39 heavy (non-hydrogen) atoms. The molecule has 1 aliphatic rings. The summed E-state index contributed by atoms with van der Waals surface area (Å²) in [5, 5.41) is 12.0. The minimum Gasteiger partial charge on any atom is -0.381 e. The number of hydrogen-bond acceptors (Lipinski definition) is 6. The van der Waals surface area contributed by atoms with Gasteiger partial charge in [0.25, 0.3) is 5.95 Å². The smallest absolute Gasteiger partial charge is 0.381 e. The highest BCUT2D eigenvalue weighted by atomic mass is 19.4. The molecule has 0 amide bonds. The van der Waals surface area contributed by atoms with Crippen molar-refractivity contribution < 1.29 is 35.8 Å². The van der Waals surface area contributed by atoms with Gasteiger partial charge in [-0.1, -0.05) is 28.9 Å². The van der Waals surface area contributed by atoms with Gasteiger partial charge in [0.05, 0.1) is 24.3 Å². The summed E-state index contributed by atoms with van der Waals surface area (Å²) in [6, 6.07) is 7.37. The van der Waals surface area contributed by atoms with Crippen LogP contribution in [0.15, 0.2) is 36.4 Å². The van der Waals surface area contributed by atoms with Gasteiger partial charge >= 0.3 is 12.4 Å². The fourth-order valence-electron chi connectivity index (χ4n) is 4.88. The first-order chi connectivity index (χ1) is 18.3. The number of methoxy groups -OCH3 is 1. The van der Waals surface area contributed by atoms with Gasteiger partial charge in [-0.2, -0.15) is 31.1 Å². The van der Waals surface area contributed by atoms with Gasteiger partial charge in [0.2, 0.25) is 0 Å². The van der Waals surface area contributed by atoms with Gasteiger partial charge in [-0.25, -0.2) is 0 Å². The molecular formula is C26H29F6N5O2. The number of hydrogen-bond donors (Lipinski definition) is 0. The highest BCUT2D eigenvalue weighted by molar-refractivity contribution is 5.41. The van der Waals surface area contributed by atoms with Crippen molar-refractivity contribution in [3.05, 3.63) is 69.8 Å². The Labute approximate surface area is 221 Å². The summed E-state index contributed by atoms with van der Waals surface area (Å²) in [4.78, 5) is 2.68. The fourth-order valence-corrected chi connectivity index (χ4v) is 4.88. The van der Waals surface area contributed by atoms with E-state index in [1.54, 1.807) is 7.11 Å². The molecule has 3 aromatic rings. The number of tetrazole rings is 1. The summed E-state index contributed by atoms with van der Waals surface area (Å²) >= 11 is 0. The molecule has 1 fully saturated rings. The molecule has 1 aliphatic heterocycles. The molecule has 0 unspecified atom stereocenters. The number of alkyl halides is 6. The summed E-state index contributed by atoms with van der Waals surface area (Å²) in [5.74, 6) is 0.252. The zero-order valence-electron chi connectivity index (χ0n) is 21.7. The number of aromatic nitrogens is 4. The van der Waals surface area contributed by atoms with E-state index in [0.29, 0.717) is 13.2 Å². The van der Waals surface area contributed by atoms with E-state index in [0.717, 1.165) is 41.7 Å². The van der Waals surface area contributed by atoms with E-state index in [2.05, 4.69) is 15.4 Å². The van der Waals surface area contributed by atoms with Crippen molar-refractivity contribution in [1.29, 1.82) is 0 Å². The van der Waals surface area contributed by atoms with E-state index in [4.69, 9.17) is 9.47 Å². The molecule has 0 spiro atoms.